The first-order valence-electron chi connectivity index (χ1n) is 16.3. The number of nitrogens with zero attached hydrogens (tertiary/aromatic N) is 8. The Morgan fingerprint density at radius 1 is 0.830 bits per heavy atom. The van der Waals surface area contributed by atoms with E-state index in [4.69, 9.17) is 9.47 Å². The molecule has 4 heterocycles. The van der Waals surface area contributed by atoms with E-state index in [0.717, 1.165) is 50.6 Å². The molecule has 0 radical (unpaired) electrons. The summed E-state index contributed by atoms with van der Waals surface area (Å²) in [4.78, 5) is 18.9. The molecule has 2 unspecified atom stereocenters. The van der Waals surface area contributed by atoms with Gasteiger partial charge in [0.15, 0.2) is 0 Å². The maximum absolute atomic E-state index is 12.6. The number of piperazine rings is 1. The monoisotopic (exact) mass is 638 g/mol. The van der Waals surface area contributed by atoms with Crippen LogP contribution in [0.2, 0.25) is 0 Å². The van der Waals surface area contributed by atoms with Crippen molar-refractivity contribution >= 4 is 11.4 Å². The molecule has 0 aliphatic carbocycles. The number of hydrogen-bond donors (Lipinski definition) is 0. The van der Waals surface area contributed by atoms with Crippen molar-refractivity contribution in [2.24, 2.45) is 7.05 Å². The molecule has 0 N–H and O–H groups in total. The molecule has 47 heavy (non-hydrogen) atoms. The Hall–Kier alpha value is -4.90. The fraction of sp³-hybridized carbons (Fsp3) is 0.389. The summed E-state index contributed by atoms with van der Waals surface area (Å²) in [5.41, 5.74) is 4.48. The fourth-order valence-electron chi connectivity index (χ4n) is 5.60. The molecule has 2 atom stereocenters. The van der Waals surface area contributed by atoms with Gasteiger partial charge in [0.25, 0.3) is 0 Å². The minimum absolute atomic E-state index is 0.0924. The number of ether oxygens (including phenoxy) is 2. The summed E-state index contributed by atoms with van der Waals surface area (Å²) in [6.07, 6.45) is 8.52. The van der Waals surface area contributed by atoms with Gasteiger partial charge in [0.1, 0.15) is 12.1 Å². The molecule has 0 saturated carbocycles. The number of aromatic nitrogens is 6. The zero-order valence-electron chi connectivity index (χ0n) is 27.9. The number of hydrogen-bond acceptors (Lipinski definition) is 8. The lowest BCUT2D eigenvalue weighted by atomic mass is 10.1. The second kappa shape index (κ2) is 16.6. The van der Waals surface area contributed by atoms with Crippen molar-refractivity contribution in [2.75, 3.05) is 49.7 Å². The molecular weight excluding hydrogens is 592 g/mol. The van der Waals surface area contributed by atoms with Crippen LogP contribution in [0.4, 0.5) is 11.4 Å². The molecular formula is C36H46N8O3. The summed E-state index contributed by atoms with van der Waals surface area (Å²) in [6, 6.07) is 26.9. The van der Waals surface area contributed by atoms with Gasteiger partial charge in [-0.1, -0.05) is 37.3 Å². The summed E-state index contributed by atoms with van der Waals surface area (Å²) >= 11 is 0. The van der Waals surface area contributed by atoms with Gasteiger partial charge in [-0.2, -0.15) is 20.1 Å². The average molecular weight is 639 g/mol. The maximum atomic E-state index is 12.6. The topological polar surface area (TPSA) is 95.5 Å². The van der Waals surface area contributed by atoms with Crippen LogP contribution in [0.15, 0.2) is 102 Å². The zero-order valence-corrected chi connectivity index (χ0v) is 27.9. The van der Waals surface area contributed by atoms with Crippen molar-refractivity contribution in [3.8, 4) is 11.4 Å². The Labute approximate surface area is 277 Å². The molecule has 2 aliphatic rings. The van der Waals surface area contributed by atoms with Crippen LogP contribution in [-0.4, -0.2) is 69.2 Å². The SMILES string of the molecule is CCC(C)n1ncn(-c2ccc(N3CCN(c4ccc(OC)cc4)CC3)cc2)c1=O.Cn1nccn1.c1ccc(C2CCCO2)cc1. The van der Waals surface area contributed by atoms with E-state index >= 15 is 0 Å². The Morgan fingerprint density at radius 2 is 1.40 bits per heavy atom. The van der Waals surface area contributed by atoms with Gasteiger partial charge in [0.05, 0.1) is 37.3 Å². The number of aryl methyl sites for hydroxylation is 1. The molecule has 7 rings (SSSR count). The van der Waals surface area contributed by atoms with Crippen LogP contribution in [0.5, 0.6) is 5.75 Å². The highest BCUT2D eigenvalue weighted by Gasteiger charge is 2.19. The van der Waals surface area contributed by atoms with Gasteiger partial charge >= 0.3 is 5.69 Å². The predicted molar refractivity (Wildman–Crippen MR) is 186 cm³/mol. The predicted octanol–water partition coefficient (Wildman–Crippen LogP) is 5.69. The summed E-state index contributed by atoms with van der Waals surface area (Å²) in [6.45, 7) is 8.84. The van der Waals surface area contributed by atoms with Crippen LogP contribution in [0, 0.1) is 0 Å². The van der Waals surface area contributed by atoms with Crippen LogP contribution in [-0.2, 0) is 11.8 Å². The Balaban J connectivity index is 0.000000206. The van der Waals surface area contributed by atoms with Gasteiger partial charge in [-0.05, 0) is 80.3 Å². The van der Waals surface area contributed by atoms with Crippen molar-refractivity contribution < 1.29 is 9.47 Å². The molecule has 2 fully saturated rings. The summed E-state index contributed by atoms with van der Waals surface area (Å²) in [5.74, 6) is 0.881. The van der Waals surface area contributed by atoms with Gasteiger partial charge in [0, 0.05) is 51.2 Å². The first-order chi connectivity index (χ1) is 23.0. The highest BCUT2D eigenvalue weighted by molar-refractivity contribution is 5.54. The lowest BCUT2D eigenvalue weighted by Gasteiger charge is -2.37. The normalized spacial score (nSPS) is 16.5. The first-order valence-corrected chi connectivity index (χ1v) is 16.3. The number of anilines is 2. The Morgan fingerprint density at radius 3 is 1.89 bits per heavy atom. The van der Waals surface area contributed by atoms with Crippen molar-refractivity contribution in [1.82, 2.24) is 29.3 Å². The Bertz CT molecular complexity index is 1650. The average Bonchev–Trinajstić information content (AvgIpc) is 3.93. The van der Waals surface area contributed by atoms with Gasteiger partial charge in [-0.15, -0.1) is 0 Å². The molecule has 2 aromatic heterocycles. The van der Waals surface area contributed by atoms with Gasteiger partial charge in [0.2, 0.25) is 0 Å². The summed E-state index contributed by atoms with van der Waals surface area (Å²) in [7, 11) is 3.47. The molecule has 11 nitrogen and oxygen atoms in total. The van der Waals surface area contributed by atoms with Crippen LogP contribution in [0.25, 0.3) is 5.69 Å². The van der Waals surface area contributed by atoms with E-state index in [0.29, 0.717) is 6.10 Å². The van der Waals surface area contributed by atoms with E-state index in [1.807, 2.05) is 37.3 Å². The van der Waals surface area contributed by atoms with Gasteiger partial charge < -0.3 is 19.3 Å². The molecule has 248 valence electrons. The molecule has 0 bridgehead atoms. The standard InChI is InChI=1S/C23H29N5O2.C10H12O.C3H5N3/c1-4-18(2)28-23(29)27(17-24-28)21-7-5-19(6-8-21)25-13-15-26(16-14-25)20-9-11-22(30-3)12-10-20;1-2-5-9(6-3-1)10-7-4-8-11-10;1-6-4-2-3-5-6/h5-12,17-18H,4,13-16H2,1-3H3;1-3,5-6,10H,4,7-8H2;2-3H,1H3. The van der Waals surface area contributed by atoms with Crippen LogP contribution < -0.4 is 20.2 Å². The van der Waals surface area contributed by atoms with Crippen LogP contribution in [0.3, 0.4) is 0 Å². The molecule has 3 aromatic carbocycles. The third-order valence-corrected chi connectivity index (χ3v) is 8.55. The molecule has 2 aliphatic heterocycles. The molecule has 0 spiro atoms. The van der Waals surface area contributed by atoms with E-state index in [1.54, 1.807) is 42.1 Å². The minimum atomic E-state index is -0.0924. The van der Waals surface area contributed by atoms with Crippen LogP contribution >= 0.6 is 0 Å². The molecule has 2 saturated heterocycles. The van der Waals surface area contributed by atoms with E-state index in [2.05, 4.69) is 80.6 Å². The number of benzene rings is 3. The van der Waals surface area contributed by atoms with E-state index in [1.165, 1.54) is 34.6 Å². The Kier molecular flexibility index (Phi) is 11.8. The molecule has 0 amide bonds. The van der Waals surface area contributed by atoms with E-state index < -0.39 is 0 Å². The lowest BCUT2D eigenvalue weighted by molar-refractivity contribution is 0.112. The van der Waals surface area contributed by atoms with Crippen molar-refractivity contribution in [3.05, 3.63) is 114 Å². The third kappa shape index (κ3) is 8.88. The second-order valence-electron chi connectivity index (χ2n) is 11.6. The largest absolute Gasteiger partial charge is 0.497 e. The van der Waals surface area contributed by atoms with Crippen LogP contribution in [0.1, 0.15) is 50.8 Å². The van der Waals surface area contributed by atoms with Gasteiger partial charge in [-0.3, -0.25) is 0 Å². The van der Waals surface area contributed by atoms with E-state index in [9.17, 15) is 4.79 Å². The minimum Gasteiger partial charge on any atom is -0.497 e. The highest BCUT2D eigenvalue weighted by Crippen LogP contribution is 2.28. The number of methoxy groups -OCH3 is 1. The zero-order chi connectivity index (χ0) is 33.0. The number of rotatable bonds is 7. The summed E-state index contributed by atoms with van der Waals surface area (Å²) in [5, 5.41) is 11.7. The second-order valence-corrected chi connectivity index (χ2v) is 11.6. The quantitative estimate of drug-likeness (QED) is 0.224. The maximum Gasteiger partial charge on any atom is 0.350 e. The van der Waals surface area contributed by atoms with E-state index in [-0.39, 0.29) is 11.7 Å². The van der Waals surface area contributed by atoms with Gasteiger partial charge in [-0.25, -0.2) is 14.0 Å². The fourth-order valence-corrected chi connectivity index (χ4v) is 5.60. The summed E-state index contributed by atoms with van der Waals surface area (Å²) < 4.78 is 13.9. The first kappa shape index (κ1) is 33.5. The smallest absolute Gasteiger partial charge is 0.350 e. The molecule has 5 aromatic rings. The van der Waals surface area contributed by atoms with Crippen molar-refractivity contribution in [2.45, 2.75) is 45.3 Å². The lowest BCUT2D eigenvalue weighted by Crippen LogP contribution is -2.46. The van der Waals surface area contributed by atoms with Crippen molar-refractivity contribution in [1.29, 1.82) is 0 Å². The third-order valence-electron chi connectivity index (χ3n) is 8.55. The van der Waals surface area contributed by atoms with Crippen molar-refractivity contribution in [3.63, 3.8) is 0 Å². The molecule has 11 heteroatoms. The highest BCUT2D eigenvalue weighted by atomic mass is 16.5.